The second kappa shape index (κ2) is 7.52. The van der Waals surface area contributed by atoms with Gasteiger partial charge in [0.1, 0.15) is 0 Å². The van der Waals surface area contributed by atoms with Gasteiger partial charge in [0.05, 0.1) is 15.5 Å². The molecule has 0 atom stereocenters. The topological polar surface area (TPSA) is 98.0 Å². The van der Waals surface area contributed by atoms with Crippen molar-refractivity contribution in [3.05, 3.63) is 38.9 Å². The molecule has 22 heavy (non-hydrogen) atoms. The van der Waals surface area contributed by atoms with Crippen LogP contribution in [0.3, 0.4) is 0 Å². The molecule has 1 amide bonds. The van der Waals surface area contributed by atoms with E-state index in [1.54, 1.807) is 11.8 Å². The van der Waals surface area contributed by atoms with Crippen molar-refractivity contribution in [2.45, 2.75) is 17.7 Å². The molecule has 0 fully saturated rings. The van der Waals surface area contributed by atoms with E-state index in [2.05, 4.69) is 22.4 Å². The summed E-state index contributed by atoms with van der Waals surface area (Å²) in [5.74, 6) is 0.358. The average molecular weight is 359 g/mol. The number of non-ortho nitro benzene ring substituents is 1. The lowest BCUT2D eigenvalue weighted by atomic mass is 10.2. The number of benzene rings is 1. The van der Waals surface area contributed by atoms with Crippen molar-refractivity contribution in [3.8, 4) is 0 Å². The maximum Gasteiger partial charge on any atom is 0.270 e. The number of halogens is 1. The summed E-state index contributed by atoms with van der Waals surface area (Å²) in [6.07, 6.45) is 1.01. The van der Waals surface area contributed by atoms with Gasteiger partial charge >= 0.3 is 0 Å². The zero-order chi connectivity index (χ0) is 16.1. The van der Waals surface area contributed by atoms with Gasteiger partial charge in [-0.1, -0.05) is 41.6 Å². The highest BCUT2D eigenvalue weighted by Crippen LogP contribution is 2.27. The summed E-state index contributed by atoms with van der Waals surface area (Å²) in [6.45, 7) is 2.06. The highest BCUT2D eigenvalue weighted by atomic mass is 35.5. The van der Waals surface area contributed by atoms with E-state index in [-0.39, 0.29) is 16.3 Å². The first-order valence-corrected chi connectivity index (χ1v) is 8.41. The van der Waals surface area contributed by atoms with E-state index < -0.39 is 10.8 Å². The number of rotatable bonds is 6. The highest BCUT2D eigenvalue weighted by molar-refractivity contribution is 8.01. The molecule has 1 heterocycles. The molecular weight excluding hydrogens is 348 g/mol. The molecule has 2 aromatic rings. The fourth-order valence-corrected chi connectivity index (χ4v) is 3.35. The summed E-state index contributed by atoms with van der Waals surface area (Å²) in [5.41, 5.74) is -0.181. The molecule has 0 spiro atoms. The van der Waals surface area contributed by atoms with Gasteiger partial charge < -0.3 is 0 Å². The van der Waals surface area contributed by atoms with Crippen molar-refractivity contribution in [2.24, 2.45) is 0 Å². The molecule has 0 unspecified atom stereocenters. The van der Waals surface area contributed by atoms with Crippen molar-refractivity contribution < 1.29 is 9.72 Å². The van der Waals surface area contributed by atoms with Crippen molar-refractivity contribution >= 4 is 51.4 Å². The summed E-state index contributed by atoms with van der Waals surface area (Å²) < 4.78 is 0.752. The zero-order valence-electron chi connectivity index (χ0n) is 11.4. The first-order chi connectivity index (χ1) is 10.5. The van der Waals surface area contributed by atoms with Crippen LogP contribution in [0.5, 0.6) is 0 Å². The molecular formula is C12H11ClN4O3S2. The molecule has 0 saturated heterocycles. The normalized spacial score (nSPS) is 10.5. The number of carbonyl (C=O) groups is 1. The SMILES string of the molecule is CCCSc1nnc(NC(=O)c2cc([N+](=O)[O-])ccc2Cl)s1. The third kappa shape index (κ3) is 4.15. The fraction of sp³-hybridized carbons (Fsp3) is 0.250. The van der Waals surface area contributed by atoms with Gasteiger partial charge in [-0.25, -0.2) is 0 Å². The minimum Gasteiger partial charge on any atom is -0.296 e. The number of nitro groups is 1. The molecule has 1 N–H and O–H groups in total. The van der Waals surface area contributed by atoms with Gasteiger partial charge in [-0.3, -0.25) is 20.2 Å². The number of nitro benzene ring substituents is 1. The molecule has 10 heteroatoms. The Kier molecular flexibility index (Phi) is 5.69. The van der Waals surface area contributed by atoms with Gasteiger partial charge in [0, 0.05) is 17.9 Å². The van der Waals surface area contributed by atoms with Crippen molar-refractivity contribution in [1.29, 1.82) is 0 Å². The molecule has 0 radical (unpaired) electrons. The number of carbonyl (C=O) groups excluding carboxylic acids is 1. The highest BCUT2D eigenvalue weighted by Gasteiger charge is 2.17. The number of hydrogen-bond donors (Lipinski definition) is 1. The Balaban J connectivity index is 2.13. The van der Waals surface area contributed by atoms with Gasteiger partial charge in [0.25, 0.3) is 11.6 Å². The first kappa shape index (κ1) is 16.7. The number of nitrogens with one attached hydrogen (secondary N) is 1. The number of amides is 1. The van der Waals surface area contributed by atoms with Crippen LogP contribution in [0.1, 0.15) is 23.7 Å². The van der Waals surface area contributed by atoms with Gasteiger partial charge in [0.2, 0.25) is 5.13 Å². The predicted molar refractivity (Wildman–Crippen MR) is 87.0 cm³/mol. The third-order valence-corrected chi connectivity index (χ3v) is 4.97. The molecule has 0 aliphatic heterocycles. The Morgan fingerprint density at radius 3 is 2.95 bits per heavy atom. The quantitative estimate of drug-likeness (QED) is 0.364. The Hall–Kier alpha value is -1.71. The van der Waals surface area contributed by atoms with Gasteiger partial charge in [0.15, 0.2) is 4.34 Å². The Morgan fingerprint density at radius 1 is 1.50 bits per heavy atom. The van der Waals surface area contributed by atoms with Crippen LogP contribution in [-0.4, -0.2) is 26.8 Å². The number of thioether (sulfide) groups is 1. The maximum absolute atomic E-state index is 12.1. The van der Waals surface area contributed by atoms with Crippen LogP contribution >= 0.6 is 34.7 Å². The molecule has 0 bridgehead atoms. The van der Waals surface area contributed by atoms with E-state index >= 15 is 0 Å². The van der Waals surface area contributed by atoms with E-state index in [9.17, 15) is 14.9 Å². The largest absolute Gasteiger partial charge is 0.296 e. The second-order valence-electron chi connectivity index (χ2n) is 4.10. The lowest BCUT2D eigenvalue weighted by Crippen LogP contribution is -2.12. The molecule has 1 aromatic carbocycles. The van der Waals surface area contributed by atoms with Gasteiger partial charge in [-0.2, -0.15) is 0 Å². The lowest BCUT2D eigenvalue weighted by molar-refractivity contribution is -0.384. The number of aromatic nitrogens is 2. The van der Waals surface area contributed by atoms with Crippen molar-refractivity contribution in [2.75, 3.05) is 11.1 Å². The van der Waals surface area contributed by atoms with Gasteiger partial charge in [-0.15, -0.1) is 10.2 Å². The smallest absolute Gasteiger partial charge is 0.270 e. The Bertz CT molecular complexity index is 707. The summed E-state index contributed by atoms with van der Waals surface area (Å²) >= 11 is 8.71. The van der Waals surface area contributed by atoms with Crippen LogP contribution in [-0.2, 0) is 0 Å². The van der Waals surface area contributed by atoms with E-state index in [1.165, 1.54) is 23.5 Å². The van der Waals surface area contributed by atoms with Crippen LogP contribution < -0.4 is 5.32 Å². The average Bonchev–Trinajstić information content (AvgIpc) is 2.92. The predicted octanol–water partition coefficient (Wildman–Crippen LogP) is 3.85. The first-order valence-electron chi connectivity index (χ1n) is 6.23. The summed E-state index contributed by atoms with van der Waals surface area (Å²) in [5, 5.41) is 21.6. The zero-order valence-corrected chi connectivity index (χ0v) is 13.8. The minimum absolute atomic E-state index is 0.0221. The van der Waals surface area contributed by atoms with Crippen LogP contribution in [0.2, 0.25) is 5.02 Å². The monoisotopic (exact) mass is 358 g/mol. The fourth-order valence-electron chi connectivity index (χ4n) is 1.47. The molecule has 0 aliphatic carbocycles. The van der Waals surface area contributed by atoms with Crippen molar-refractivity contribution in [1.82, 2.24) is 10.2 Å². The summed E-state index contributed by atoms with van der Waals surface area (Å²) in [6, 6.07) is 3.69. The van der Waals surface area contributed by atoms with E-state index in [0.717, 1.165) is 22.6 Å². The Morgan fingerprint density at radius 2 is 2.27 bits per heavy atom. The number of hydrogen-bond acceptors (Lipinski definition) is 7. The lowest BCUT2D eigenvalue weighted by Gasteiger charge is -2.03. The maximum atomic E-state index is 12.1. The number of anilines is 1. The molecule has 1 aromatic heterocycles. The van der Waals surface area contributed by atoms with E-state index in [1.807, 2.05) is 0 Å². The summed E-state index contributed by atoms with van der Waals surface area (Å²) in [4.78, 5) is 22.3. The minimum atomic E-state index is -0.586. The van der Waals surface area contributed by atoms with E-state index in [0.29, 0.717) is 5.13 Å². The van der Waals surface area contributed by atoms with Crippen LogP contribution in [0.4, 0.5) is 10.8 Å². The van der Waals surface area contributed by atoms with E-state index in [4.69, 9.17) is 11.6 Å². The molecule has 116 valence electrons. The third-order valence-electron chi connectivity index (χ3n) is 2.46. The number of nitrogens with zero attached hydrogens (tertiary/aromatic N) is 3. The standard InChI is InChI=1S/C12H11ClN4O3S2/c1-2-5-21-12-16-15-11(22-12)14-10(18)8-6-7(17(19)20)3-4-9(8)13/h3-4,6H,2,5H2,1H3,(H,14,15,18). The molecule has 0 saturated carbocycles. The Labute approximate surface area is 139 Å². The van der Waals surface area contributed by atoms with Crippen molar-refractivity contribution in [3.63, 3.8) is 0 Å². The van der Waals surface area contributed by atoms with Crippen LogP contribution in [0.25, 0.3) is 0 Å². The van der Waals surface area contributed by atoms with Gasteiger partial charge in [-0.05, 0) is 12.5 Å². The summed E-state index contributed by atoms with van der Waals surface area (Å²) in [7, 11) is 0. The van der Waals surface area contributed by atoms with Crippen LogP contribution in [0.15, 0.2) is 22.5 Å². The molecule has 2 rings (SSSR count). The van der Waals surface area contributed by atoms with Crippen LogP contribution in [0, 0.1) is 10.1 Å². The molecule has 0 aliphatic rings. The molecule has 7 nitrogen and oxygen atoms in total. The second-order valence-corrected chi connectivity index (χ2v) is 6.82.